The lowest BCUT2D eigenvalue weighted by Gasteiger charge is -2.21. The second-order valence-electron chi connectivity index (χ2n) is 6.78. The maximum absolute atomic E-state index is 12.0. The van der Waals surface area contributed by atoms with Crippen LogP contribution in [-0.2, 0) is 20.7 Å². The molecule has 3 rings (SSSR count). The minimum absolute atomic E-state index is 0.0257. The van der Waals surface area contributed by atoms with Crippen LogP contribution in [0, 0.1) is 0 Å². The largest absolute Gasteiger partial charge is 0.378 e. The van der Waals surface area contributed by atoms with Crippen LogP contribution in [-0.4, -0.2) is 42.6 Å². The summed E-state index contributed by atoms with van der Waals surface area (Å²) in [6.45, 7) is 2.08. The zero-order valence-electron chi connectivity index (χ0n) is 14.7. The number of anilines is 1. The molecule has 1 aliphatic carbocycles. The van der Waals surface area contributed by atoms with Crippen LogP contribution in [0.25, 0.3) is 0 Å². The number of nitrogens with one attached hydrogen (secondary N) is 1. The Morgan fingerprint density at radius 1 is 1.32 bits per heavy atom. The topological polar surface area (TPSA) is 71.5 Å². The Bertz CT molecular complexity index is 584. The maximum Gasteiger partial charge on any atom is 0.228 e. The number of hydrogen-bond acceptors (Lipinski definition) is 5. The van der Waals surface area contributed by atoms with Gasteiger partial charge in [0, 0.05) is 31.5 Å². The predicted molar refractivity (Wildman–Crippen MR) is 97.9 cm³/mol. The molecule has 0 unspecified atom stereocenters. The van der Waals surface area contributed by atoms with Gasteiger partial charge in [0.1, 0.15) is 0 Å². The number of nitrogens with zero attached hydrogens (tertiary/aromatic N) is 2. The van der Waals surface area contributed by atoms with Gasteiger partial charge in [0.05, 0.1) is 18.2 Å². The molecule has 0 radical (unpaired) electrons. The molecule has 0 spiro atoms. The van der Waals surface area contributed by atoms with E-state index in [1.54, 1.807) is 4.90 Å². The molecular formula is C18H27N3O3S. The summed E-state index contributed by atoms with van der Waals surface area (Å²) < 4.78 is 5.85. The molecule has 1 N–H and O–H groups in total. The van der Waals surface area contributed by atoms with Gasteiger partial charge in [0.25, 0.3) is 0 Å². The molecule has 1 saturated heterocycles. The molecule has 1 aliphatic heterocycles. The summed E-state index contributed by atoms with van der Waals surface area (Å²) in [5.74, 6) is 0.102. The van der Waals surface area contributed by atoms with Crippen LogP contribution in [0.15, 0.2) is 5.38 Å². The van der Waals surface area contributed by atoms with E-state index in [2.05, 4.69) is 10.3 Å². The molecule has 0 atom stereocenters. The Hall–Kier alpha value is -1.47. The summed E-state index contributed by atoms with van der Waals surface area (Å²) in [4.78, 5) is 29.9. The molecule has 2 fully saturated rings. The quantitative estimate of drug-likeness (QED) is 0.719. The maximum atomic E-state index is 12.0. The van der Waals surface area contributed by atoms with Gasteiger partial charge in [-0.2, -0.15) is 0 Å². The highest BCUT2D eigenvalue weighted by Gasteiger charge is 2.24. The first-order valence-electron chi connectivity index (χ1n) is 9.35. The van der Waals surface area contributed by atoms with Crippen molar-refractivity contribution in [1.82, 2.24) is 10.3 Å². The van der Waals surface area contributed by atoms with Crippen molar-refractivity contribution < 1.29 is 14.3 Å². The van der Waals surface area contributed by atoms with E-state index in [1.807, 2.05) is 5.38 Å². The first-order chi connectivity index (χ1) is 12.2. The van der Waals surface area contributed by atoms with Gasteiger partial charge in [-0.3, -0.25) is 14.5 Å². The highest BCUT2D eigenvalue weighted by Crippen LogP contribution is 2.25. The highest BCUT2D eigenvalue weighted by molar-refractivity contribution is 7.14. The minimum atomic E-state index is -0.0257. The number of ether oxygens (including phenoxy) is 1. The molecule has 2 aliphatic rings. The third-order valence-electron chi connectivity index (χ3n) is 4.73. The second-order valence-corrected chi connectivity index (χ2v) is 7.62. The fraction of sp³-hybridized carbons (Fsp3) is 0.722. The average molecular weight is 365 g/mol. The third kappa shape index (κ3) is 5.51. The zero-order valence-corrected chi connectivity index (χ0v) is 15.5. The molecule has 2 heterocycles. The summed E-state index contributed by atoms with van der Waals surface area (Å²) >= 11 is 1.43. The number of rotatable bonds is 8. The zero-order chi connectivity index (χ0) is 17.5. The first-order valence-corrected chi connectivity index (χ1v) is 10.2. The number of thiazole rings is 1. The molecule has 2 amide bonds. The van der Waals surface area contributed by atoms with Gasteiger partial charge < -0.3 is 10.1 Å². The summed E-state index contributed by atoms with van der Waals surface area (Å²) in [6.07, 6.45) is 9.26. The van der Waals surface area contributed by atoms with Gasteiger partial charge in [0.15, 0.2) is 5.13 Å². The van der Waals surface area contributed by atoms with Gasteiger partial charge in [-0.1, -0.05) is 19.3 Å². The fourth-order valence-corrected chi connectivity index (χ4v) is 4.23. The van der Waals surface area contributed by atoms with Crippen molar-refractivity contribution in [2.75, 3.05) is 24.6 Å². The van der Waals surface area contributed by atoms with E-state index >= 15 is 0 Å². The van der Waals surface area contributed by atoms with E-state index in [-0.39, 0.29) is 18.2 Å². The monoisotopic (exact) mass is 365 g/mol. The van der Waals surface area contributed by atoms with Crippen molar-refractivity contribution in [3.05, 3.63) is 11.1 Å². The number of carbonyl (C=O) groups is 2. The Balaban J connectivity index is 1.31. The van der Waals surface area contributed by atoms with E-state index in [4.69, 9.17) is 4.74 Å². The normalized spacial score (nSPS) is 18.7. The van der Waals surface area contributed by atoms with Crippen LogP contribution < -0.4 is 10.2 Å². The number of aromatic nitrogens is 1. The Morgan fingerprint density at radius 3 is 2.92 bits per heavy atom. The van der Waals surface area contributed by atoms with E-state index in [0.29, 0.717) is 30.8 Å². The van der Waals surface area contributed by atoms with E-state index in [1.165, 1.54) is 43.4 Å². The molecule has 6 nitrogen and oxygen atoms in total. The van der Waals surface area contributed by atoms with Crippen molar-refractivity contribution in [1.29, 1.82) is 0 Å². The Morgan fingerprint density at radius 2 is 2.16 bits per heavy atom. The van der Waals surface area contributed by atoms with Crippen LogP contribution in [0.5, 0.6) is 0 Å². The lowest BCUT2D eigenvalue weighted by molar-refractivity contribution is -0.120. The van der Waals surface area contributed by atoms with Crippen LogP contribution in [0.3, 0.4) is 0 Å². The summed E-state index contributed by atoms with van der Waals surface area (Å²) in [7, 11) is 0. The molecule has 25 heavy (non-hydrogen) atoms. The van der Waals surface area contributed by atoms with Gasteiger partial charge in [-0.05, 0) is 25.7 Å². The van der Waals surface area contributed by atoms with Crippen LogP contribution >= 0.6 is 11.3 Å². The molecule has 1 aromatic heterocycles. The number of carbonyl (C=O) groups excluding carboxylic acids is 2. The highest BCUT2D eigenvalue weighted by atomic mass is 32.1. The molecule has 7 heteroatoms. The number of hydrogen-bond donors (Lipinski definition) is 1. The fourth-order valence-electron chi connectivity index (χ4n) is 3.36. The van der Waals surface area contributed by atoms with Gasteiger partial charge >= 0.3 is 0 Å². The second kappa shape index (κ2) is 9.29. The van der Waals surface area contributed by atoms with Crippen molar-refractivity contribution in [3.8, 4) is 0 Å². The SMILES string of the molecule is O=C(Cc1csc(N2CCCC2=O)n1)NCCCOC1CCCCC1. The van der Waals surface area contributed by atoms with Gasteiger partial charge in [-0.15, -0.1) is 11.3 Å². The Kier molecular flexibility index (Phi) is 6.81. The summed E-state index contributed by atoms with van der Waals surface area (Å²) in [6, 6.07) is 0. The Labute approximate surface area is 153 Å². The molecule has 1 aromatic rings. The lowest BCUT2D eigenvalue weighted by atomic mass is 9.98. The minimum Gasteiger partial charge on any atom is -0.378 e. The standard InChI is InChI=1S/C18H27N3O3S/c22-16(19-9-5-11-24-15-6-2-1-3-7-15)12-14-13-25-18(20-14)21-10-4-8-17(21)23/h13,15H,1-12H2,(H,19,22). The third-order valence-corrected chi connectivity index (χ3v) is 5.65. The van der Waals surface area contributed by atoms with Gasteiger partial charge in [0.2, 0.25) is 11.8 Å². The molecule has 0 bridgehead atoms. The lowest BCUT2D eigenvalue weighted by Crippen LogP contribution is -2.28. The average Bonchev–Trinajstić information content (AvgIpc) is 3.24. The molecule has 138 valence electrons. The van der Waals surface area contributed by atoms with Gasteiger partial charge in [-0.25, -0.2) is 4.98 Å². The van der Waals surface area contributed by atoms with E-state index in [0.717, 1.165) is 25.1 Å². The summed E-state index contributed by atoms with van der Waals surface area (Å²) in [5, 5.41) is 5.50. The summed E-state index contributed by atoms with van der Waals surface area (Å²) in [5.41, 5.74) is 0.732. The van der Waals surface area contributed by atoms with Crippen LogP contribution in [0.4, 0.5) is 5.13 Å². The van der Waals surface area contributed by atoms with Crippen molar-refractivity contribution >= 4 is 28.3 Å². The van der Waals surface area contributed by atoms with Crippen molar-refractivity contribution in [2.45, 2.75) is 63.9 Å². The van der Waals surface area contributed by atoms with E-state index in [9.17, 15) is 9.59 Å². The van der Waals surface area contributed by atoms with E-state index < -0.39 is 0 Å². The molecule has 1 saturated carbocycles. The number of amides is 2. The van der Waals surface area contributed by atoms with Crippen molar-refractivity contribution in [3.63, 3.8) is 0 Å². The molecular weight excluding hydrogens is 338 g/mol. The first kappa shape index (κ1) is 18.3. The van der Waals surface area contributed by atoms with Crippen molar-refractivity contribution in [2.24, 2.45) is 0 Å². The molecule has 0 aromatic carbocycles. The van der Waals surface area contributed by atoms with Crippen LogP contribution in [0.1, 0.15) is 57.1 Å². The smallest absolute Gasteiger partial charge is 0.228 e. The van der Waals surface area contributed by atoms with Crippen LogP contribution in [0.2, 0.25) is 0 Å². The predicted octanol–water partition coefficient (Wildman–Crippen LogP) is 2.67.